The number of nitriles is 1. The molecular formula is C14H14N4O2S. The van der Waals surface area contributed by atoms with Gasteiger partial charge in [-0.15, -0.1) is 0 Å². The Kier molecular flexibility index (Phi) is 4.85. The van der Waals surface area contributed by atoms with Gasteiger partial charge in [-0.1, -0.05) is 17.8 Å². The molecule has 2 aromatic rings. The normalized spacial score (nSPS) is 9.95. The van der Waals surface area contributed by atoms with Crippen LogP contribution in [-0.2, 0) is 6.61 Å². The van der Waals surface area contributed by atoms with E-state index in [0.29, 0.717) is 22.3 Å². The minimum Gasteiger partial charge on any atom is -0.497 e. The van der Waals surface area contributed by atoms with Crippen LogP contribution in [0.4, 0.5) is 5.82 Å². The van der Waals surface area contributed by atoms with Crippen molar-refractivity contribution in [1.82, 2.24) is 9.97 Å². The van der Waals surface area contributed by atoms with Gasteiger partial charge < -0.3 is 15.2 Å². The van der Waals surface area contributed by atoms with Gasteiger partial charge in [-0.3, -0.25) is 0 Å². The first-order valence-electron chi connectivity index (χ1n) is 6.05. The lowest BCUT2D eigenvalue weighted by Crippen LogP contribution is -2.08. The lowest BCUT2D eigenvalue weighted by atomic mass is 10.2. The summed E-state index contributed by atoms with van der Waals surface area (Å²) < 4.78 is 10.8. The molecule has 0 amide bonds. The predicted octanol–water partition coefficient (Wildman–Crippen LogP) is 2.24. The Labute approximate surface area is 126 Å². The molecule has 0 saturated carbocycles. The molecule has 0 fully saturated rings. The number of ether oxygens (including phenoxy) is 2. The Morgan fingerprint density at radius 1 is 1.33 bits per heavy atom. The summed E-state index contributed by atoms with van der Waals surface area (Å²) in [6, 6.07) is 9.21. The highest BCUT2D eigenvalue weighted by atomic mass is 32.2. The van der Waals surface area contributed by atoms with Crippen LogP contribution < -0.4 is 15.2 Å². The quantitative estimate of drug-likeness (QED) is 0.668. The zero-order chi connectivity index (χ0) is 15.2. The van der Waals surface area contributed by atoms with Gasteiger partial charge in [0.1, 0.15) is 41.3 Å². The van der Waals surface area contributed by atoms with Gasteiger partial charge in [-0.25, -0.2) is 9.97 Å². The summed E-state index contributed by atoms with van der Waals surface area (Å²) >= 11 is 1.36. The first-order chi connectivity index (χ1) is 10.2. The molecule has 0 aliphatic carbocycles. The van der Waals surface area contributed by atoms with E-state index in [1.807, 2.05) is 24.5 Å². The lowest BCUT2D eigenvalue weighted by Gasteiger charge is -2.10. The van der Waals surface area contributed by atoms with Crippen LogP contribution in [0.2, 0.25) is 0 Å². The highest BCUT2D eigenvalue weighted by Gasteiger charge is 2.12. The van der Waals surface area contributed by atoms with E-state index in [0.717, 1.165) is 0 Å². The Hall–Kier alpha value is -2.46. The summed E-state index contributed by atoms with van der Waals surface area (Å²) in [7, 11) is 1.59. The number of nitrogen functional groups attached to an aromatic ring is 1. The van der Waals surface area contributed by atoms with Crippen molar-refractivity contribution >= 4 is 17.6 Å². The molecule has 6 nitrogen and oxygen atoms in total. The summed E-state index contributed by atoms with van der Waals surface area (Å²) in [5, 5.41) is 9.66. The maximum atomic E-state index is 9.15. The number of methoxy groups -OCH3 is 1. The van der Waals surface area contributed by atoms with Gasteiger partial charge in [0.05, 0.1) is 7.11 Å². The van der Waals surface area contributed by atoms with Gasteiger partial charge in [-0.05, 0) is 18.4 Å². The Bertz CT molecular complexity index is 685. The molecule has 2 N–H and O–H groups in total. The number of benzene rings is 1. The Morgan fingerprint density at radius 3 is 2.76 bits per heavy atom. The fourth-order valence-corrected chi connectivity index (χ4v) is 2.05. The van der Waals surface area contributed by atoms with E-state index >= 15 is 0 Å². The molecule has 0 aliphatic heterocycles. The number of thioether (sulfide) groups is 1. The first-order valence-corrected chi connectivity index (χ1v) is 7.27. The highest BCUT2D eigenvalue weighted by molar-refractivity contribution is 7.98. The van der Waals surface area contributed by atoms with Crippen LogP contribution >= 0.6 is 11.8 Å². The molecule has 0 unspecified atom stereocenters. The van der Waals surface area contributed by atoms with Gasteiger partial charge in [0.15, 0.2) is 5.16 Å². The second kappa shape index (κ2) is 6.81. The molecule has 0 aliphatic rings. The van der Waals surface area contributed by atoms with Gasteiger partial charge >= 0.3 is 0 Å². The van der Waals surface area contributed by atoms with Gasteiger partial charge in [0.2, 0.25) is 0 Å². The van der Waals surface area contributed by atoms with E-state index in [4.69, 9.17) is 20.5 Å². The van der Waals surface area contributed by atoms with Crippen molar-refractivity contribution in [1.29, 1.82) is 5.26 Å². The lowest BCUT2D eigenvalue weighted by molar-refractivity contribution is 0.297. The van der Waals surface area contributed by atoms with Crippen molar-refractivity contribution in [2.45, 2.75) is 11.8 Å². The minimum absolute atomic E-state index is 0.135. The molecule has 1 aromatic carbocycles. The van der Waals surface area contributed by atoms with Gasteiger partial charge in [-0.2, -0.15) is 5.26 Å². The molecular weight excluding hydrogens is 288 g/mol. The van der Waals surface area contributed by atoms with Crippen molar-refractivity contribution in [3.63, 3.8) is 0 Å². The predicted molar refractivity (Wildman–Crippen MR) is 80.3 cm³/mol. The van der Waals surface area contributed by atoms with E-state index in [1.165, 1.54) is 11.8 Å². The molecule has 7 heteroatoms. The van der Waals surface area contributed by atoms with Crippen molar-refractivity contribution < 1.29 is 9.47 Å². The van der Waals surface area contributed by atoms with Gasteiger partial charge in [0.25, 0.3) is 0 Å². The number of nitrogens with two attached hydrogens (primary N) is 1. The number of nitrogens with zero attached hydrogens (tertiary/aromatic N) is 3. The smallest absolute Gasteiger partial charge is 0.189 e. The van der Waals surface area contributed by atoms with Crippen LogP contribution in [0.5, 0.6) is 11.5 Å². The Morgan fingerprint density at radius 2 is 2.10 bits per heavy atom. The summed E-state index contributed by atoms with van der Waals surface area (Å²) in [6.45, 7) is 0.135. The average Bonchev–Trinajstić information content (AvgIpc) is 2.52. The van der Waals surface area contributed by atoms with E-state index in [1.54, 1.807) is 19.2 Å². The molecule has 0 spiro atoms. The molecule has 2 rings (SSSR count). The SMILES string of the molecule is COc1cccc(OCc2nc(SC)nc(N)c2C#N)c1. The molecule has 0 saturated heterocycles. The summed E-state index contributed by atoms with van der Waals surface area (Å²) in [5.41, 5.74) is 6.48. The van der Waals surface area contributed by atoms with Crippen molar-refractivity contribution in [3.8, 4) is 17.6 Å². The van der Waals surface area contributed by atoms with Crippen LogP contribution in [0.3, 0.4) is 0 Å². The fourth-order valence-electron chi connectivity index (χ4n) is 1.66. The monoisotopic (exact) mass is 302 g/mol. The Balaban J connectivity index is 2.23. The third-order valence-electron chi connectivity index (χ3n) is 2.70. The third-order valence-corrected chi connectivity index (χ3v) is 3.25. The van der Waals surface area contributed by atoms with Crippen LogP contribution in [0.1, 0.15) is 11.3 Å². The van der Waals surface area contributed by atoms with E-state index in [9.17, 15) is 0 Å². The standard InChI is InChI=1S/C14H14N4O2S/c1-19-9-4-3-5-10(6-9)20-8-12-11(7-15)13(16)18-14(17-12)21-2/h3-6H,8H2,1-2H3,(H2,16,17,18). The summed E-state index contributed by atoms with van der Waals surface area (Å²) in [4.78, 5) is 8.31. The van der Waals surface area contributed by atoms with Crippen LogP contribution in [0.15, 0.2) is 29.4 Å². The number of hydrogen-bond donors (Lipinski definition) is 1. The van der Waals surface area contributed by atoms with E-state index < -0.39 is 0 Å². The van der Waals surface area contributed by atoms with Crippen molar-refractivity contribution in [3.05, 3.63) is 35.5 Å². The number of rotatable bonds is 5. The topological polar surface area (TPSA) is 94.1 Å². The largest absolute Gasteiger partial charge is 0.497 e. The zero-order valence-electron chi connectivity index (χ0n) is 11.7. The fraction of sp³-hybridized carbons (Fsp3) is 0.214. The van der Waals surface area contributed by atoms with Crippen molar-refractivity contribution in [2.75, 3.05) is 19.1 Å². The van der Waals surface area contributed by atoms with Crippen LogP contribution in [-0.4, -0.2) is 23.3 Å². The zero-order valence-corrected chi connectivity index (χ0v) is 12.5. The van der Waals surface area contributed by atoms with Gasteiger partial charge in [0, 0.05) is 6.07 Å². The summed E-state index contributed by atoms with van der Waals surface area (Å²) in [6.07, 6.45) is 1.84. The first kappa shape index (κ1) is 14.9. The molecule has 1 aromatic heterocycles. The maximum absolute atomic E-state index is 9.15. The van der Waals surface area contributed by atoms with E-state index in [-0.39, 0.29) is 18.0 Å². The molecule has 1 heterocycles. The molecule has 108 valence electrons. The second-order valence-corrected chi connectivity index (χ2v) is 4.77. The highest BCUT2D eigenvalue weighted by Crippen LogP contribution is 2.22. The maximum Gasteiger partial charge on any atom is 0.189 e. The minimum atomic E-state index is 0.135. The molecule has 0 atom stereocenters. The third kappa shape index (κ3) is 3.55. The van der Waals surface area contributed by atoms with Crippen LogP contribution in [0.25, 0.3) is 0 Å². The van der Waals surface area contributed by atoms with E-state index in [2.05, 4.69) is 9.97 Å². The molecule has 0 radical (unpaired) electrons. The summed E-state index contributed by atoms with van der Waals surface area (Å²) in [5.74, 6) is 1.49. The number of anilines is 1. The molecule has 21 heavy (non-hydrogen) atoms. The average molecular weight is 302 g/mol. The number of aromatic nitrogens is 2. The number of hydrogen-bond acceptors (Lipinski definition) is 7. The second-order valence-electron chi connectivity index (χ2n) is 4.00. The van der Waals surface area contributed by atoms with Crippen LogP contribution in [0, 0.1) is 11.3 Å². The molecule has 0 bridgehead atoms. The van der Waals surface area contributed by atoms with Crippen molar-refractivity contribution in [2.24, 2.45) is 0 Å².